The third kappa shape index (κ3) is 2.95. The highest BCUT2D eigenvalue weighted by atomic mass is 16.1. The molecule has 6 heteroatoms. The summed E-state index contributed by atoms with van der Waals surface area (Å²) < 4.78 is 0. The van der Waals surface area contributed by atoms with Gasteiger partial charge in [-0.1, -0.05) is 26.0 Å². The summed E-state index contributed by atoms with van der Waals surface area (Å²) >= 11 is 0. The monoisotopic (exact) mass is 366 g/mol. The molecule has 3 rings (SSSR count). The van der Waals surface area contributed by atoms with Gasteiger partial charge in [-0.05, 0) is 43.4 Å². The minimum Gasteiger partial charge on any atom is -0.402 e. The minimum absolute atomic E-state index is 0.0308. The van der Waals surface area contributed by atoms with Gasteiger partial charge in [0.2, 0.25) is 5.91 Å². The first-order chi connectivity index (χ1) is 12.5. The normalized spacial score (nSPS) is 26.4. The van der Waals surface area contributed by atoms with E-state index in [0.29, 0.717) is 46.8 Å². The maximum atomic E-state index is 13.2. The molecule has 1 heterocycles. The van der Waals surface area contributed by atoms with Crippen molar-refractivity contribution in [2.24, 2.45) is 27.6 Å². The van der Waals surface area contributed by atoms with E-state index in [-0.39, 0.29) is 11.2 Å². The minimum atomic E-state index is -0.890. The lowest BCUT2D eigenvalue weighted by atomic mass is 9.61. The van der Waals surface area contributed by atoms with Gasteiger partial charge in [0.1, 0.15) is 5.84 Å². The summed E-state index contributed by atoms with van der Waals surface area (Å²) in [4.78, 5) is 29.5. The zero-order chi connectivity index (χ0) is 20.1. The number of rotatable bonds is 2. The first-order valence-electron chi connectivity index (χ1n) is 8.96. The molecule has 2 aliphatic rings. The lowest BCUT2D eigenvalue weighted by molar-refractivity contribution is -0.118. The van der Waals surface area contributed by atoms with Crippen molar-refractivity contribution in [2.75, 3.05) is 0 Å². The van der Waals surface area contributed by atoms with Crippen LogP contribution in [0.25, 0.3) is 0 Å². The number of carbonyl (C=O) groups excluding carboxylic acids is 2. The molecule has 0 radical (unpaired) electrons. The molecule has 1 aromatic rings. The first-order valence-corrected chi connectivity index (χ1v) is 8.96. The molecule has 0 spiro atoms. The number of benzene rings is 1. The predicted molar refractivity (Wildman–Crippen MR) is 106 cm³/mol. The van der Waals surface area contributed by atoms with E-state index in [4.69, 9.17) is 17.2 Å². The third-order valence-electron chi connectivity index (χ3n) is 5.48. The second kappa shape index (κ2) is 6.08. The number of hydrogen-bond donors (Lipinski definition) is 3. The average Bonchev–Trinajstić information content (AvgIpc) is 2.52. The predicted octanol–water partition coefficient (Wildman–Crippen LogP) is 2.29. The summed E-state index contributed by atoms with van der Waals surface area (Å²) in [5.41, 5.74) is 20.4. The number of carbonyl (C=O) groups is 2. The van der Waals surface area contributed by atoms with Gasteiger partial charge in [0.25, 0.3) is 0 Å². The molecule has 0 bridgehead atoms. The third-order valence-corrected chi connectivity index (χ3v) is 5.48. The Morgan fingerprint density at radius 1 is 1.15 bits per heavy atom. The van der Waals surface area contributed by atoms with Gasteiger partial charge in [-0.15, -0.1) is 0 Å². The number of nitrogens with two attached hydrogens (primary N) is 3. The summed E-state index contributed by atoms with van der Waals surface area (Å²) in [6.07, 6.45) is 1.07. The van der Waals surface area contributed by atoms with Gasteiger partial charge in [0.05, 0.1) is 11.1 Å². The van der Waals surface area contributed by atoms with Crippen LogP contribution >= 0.6 is 0 Å². The summed E-state index contributed by atoms with van der Waals surface area (Å²) in [7, 11) is 0. The van der Waals surface area contributed by atoms with E-state index in [1.54, 1.807) is 25.1 Å². The maximum absolute atomic E-state index is 13.2. The Morgan fingerprint density at radius 3 is 2.41 bits per heavy atom. The SMILES string of the molecule is C/C(N)=C1/C(N)=NC2=C(C(=O)CC(C)(C)C2)C1(C)c1cccc(C(N)=O)c1. The van der Waals surface area contributed by atoms with Crippen molar-refractivity contribution in [2.45, 2.75) is 46.0 Å². The summed E-state index contributed by atoms with van der Waals surface area (Å²) in [5, 5.41) is 0. The van der Waals surface area contributed by atoms with Crippen molar-refractivity contribution in [3.63, 3.8) is 0 Å². The molecule has 1 aliphatic heterocycles. The molecular weight excluding hydrogens is 340 g/mol. The molecular formula is C21H26N4O2. The maximum Gasteiger partial charge on any atom is 0.248 e. The highest BCUT2D eigenvalue weighted by Gasteiger charge is 2.49. The Kier molecular flexibility index (Phi) is 4.25. The number of Topliss-reactive ketones (excluding diaryl/α,β-unsaturated/α-hetero) is 1. The molecule has 6 nitrogen and oxygen atoms in total. The number of aliphatic imine (C=N–C) groups is 1. The number of allylic oxidation sites excluding steroid dienone is 3. The van der Waals surface area contributed by atoms with Gasteiger partial charge < -0.3 is 17.2 Å². The fraction of sp³-hybridized carbons (Fsp3) is 0.381. The van der Waals surface area contributed by atoms with E-state index in [2.05, 4.69) is 4.99 Å². The lowest BCUT2D eigenvalue weighted by Gasteiger charge is -2.43. The van der Waals surface area contributed by atoms with Gasteiger partial charge in [-0.3, -0.25) is 9.59 Å². The van der Waals surface area contributed by atoms with Crippen molar-refractivity contribution in [1.29, 1.82) is 0 Å². The first kappa shape index (κ1) is 18.9. The summed E-state index contributed by atoms with van der Waals surface area (Å²) in [6.45, 7) is 7.76. The molecule has 1 aliphatic carbocycles. The molecule has 1 atom stereocenters. The molecule has 0 saturated heterocycles. The highest BCUT2D eigenvalue weighted by Crippen LogP contribution is 2.50. The number of ketones is 1. The van der Waals surface area contributed by atoms with Crippen LogP contribution in [0.4, 0.5) is 0 Å². The van der Waals surface area contributed by atoms with Crippen LogP contribution in [-0.4, -0.2) is 17.5 Å². The van der Waals surface area contributed by atoms with Gasteiger partial charge in [0, 0.05) is 28.8 Å². The van der Waals surface area contributed by atoms with Crippen molar-refractivity contribution >= 4 is 17.5 Å². The van der Waals surface area contributed by atoms with E-state index in [9.17, 15) is 9.59 Å². The van der Waals surface area contributed by atoms with Gasteiger partial charge >= 0.3 is 0 Å². The number of amides is 1. The van der Waals surface area contributed by atoms with E-state index < -0.39 is 11.3 Å². The van der Waals surface area contributed by atoms with Crippen LogP contribution in [0.15, 0.2) is 51.8 Å². The average molecular weight is 366 g/mol. The molecule has 1 unspecified atom stereocenters. The molecule has 6 N–H and O–H groups in total. The van der Waals surface area contributed by atoms with E-state index in [1.807, 2.05) is 26.8 Å². The van der Waals surface area contributed by atoms with Crippen molar-refractivity contribution in [3.05, 3.63) is 57.9 Å². The number of nitrogens with zero attached hydrogens (tertiary/aromatic N) is 1. The second-order valence-electron chi connectivity index (χ2n) is 8.39. The van der Waals surface area contributed by atoms with E-state index in [0.717, 1.165) is 5.56 Å². The number of primary amides is 1. The number of hydrogen-bond acceptors (Lipinski definition) is 5. The molecule has 27 heavy (non-hydrogen) atoms. The van der Waals surface area contributed by atoms with Crippen LogP contribution in [0.5, 0.6) is 0 Å². The largest absolute Gasteiger partial charge is 0.402 e. The summed E-state index contributed by atoms with van der Waals surface area (Å²) in [6, 6.07) is 6.98. The van der Waals surface area contributed by atoms with Crippen molar-refractivity contribution in [3.8, 4) is 0 Å². The molecule has 0 fully saturated rings. The molecule has 142 valence electrons. The molecule has 0 saturated carbocycles. The van der Waals surface area contributed by atoms with Crippen molar-refractivity contribution in [1.82, 2.24) is 0 Å². The Hall–Kier alpha value is -2.89. The van der Waals surface area contributed by atoms with Crippen LogP contribution in [0.2, 0.25) is 0 Å². The van der Waals surface area contributed by atoms with Crippen molar-refractivity contribution < 1.29 is 9.59 Å². The lowest BCUT2D eigenvalue weighted by Crippen LogP contribution is -2.45. The van der Waals surface area contributed by atoms with E-state index >= 15 is 0 Å². The molecule has 0 aromatic heterocycles. The Bertz CT molecular complexity index is 949. The van der Waals surface area contributed by atoms with Crippen LogP contribution in [-0.2, 0) is 10.2 Å². The standard InChI is InChI=1S/C21H26N4O2/c1-11(22)16-18(23)25-14-9-20(2,3)10-15(26)17(14)21(16,4)13-7-5-6-12(8-13)19(24)27/h5-8H,9-10,22H2,1-4H3,(H2,23,25)(H2,24,27)/b16-11+. The Balaban J connectivity index is 2.36. The molecule has 1 aromatic carbocycles. The second-order valence-corrected chi connectivity index (χ2v) is 8.39. The van der Waals surface area contributed by atoms with Crippen LogP contribution < -0.4 is 17.2 Å². The Labute approximate surface area is 159 Å². The zero-order valence-corrected chi connectivity index (χ0v) is 16.2. The van der Waals surface area contributed by atoms with Crippen LogP contribution in [0, 0.1) is 5.41 Å². The van der Waals surface area contributed by atoms with Gasteiger partial charge in [0.15, 0.2) is 5.78 Å². The molecule has 1 amide bonds. The Morgan fingerprint density at radius 2 is 1.81 bits per heavy atom. The quantitative estimate of drug-likeness (QED) is 0.742. The van der Waals surface area contributed by atoms with Gasteiger partial charge in [-0.25, -0.2) is 4.99 Å². The van der Waals surface area contributed by atoms with Crippen LogP contribution in [0.3, 0.4) is 0 Å². The smallest absolute Gasteiger partial charge is 0.248 e. The topological polar surface area (TPSA) is 125 Å². The zero-order valence-electron chi connectivity index (χ0n) is 16.2. The summed E-state index contributed by atoms with van der Waals surface area (Å²) in [5.74, 6) is -0.187. The number of amidine groups is 1. The van der Waals surface area contributed by atoms with E-state index in [1.165, 1.54) is 0 Å². The fourth-order valence-electron chi connectivity index (χ4n) is 4.40. The fourth-order valence-corrected chi connectivity index (χ4v) is 4.40. The van der Waals surface area contributed by atoms with Gasteiger partial charge in [-0.2, -0.15) is 0 Å². The van der Waals surface area contributed by atoms with Crippen LogP contribution in [0.1, 0.15) is 56.5 Å². The highest BCUT2D eigenvalue weighted by molar-refractivity contribution is 6.10.